The van der Waals surface area contributed by atoms with Crippen LogP contribution in [0.15, 0.2) is 46.6 Å². The molecule has 148 valence electrons. The van der Waals surface area contributed by atoms with Crippen molar-refractivity contribution in [2.45, 2.75) is 52.4 Å². The van der Waals surface area contributed by atoms with Crippen LogP contribution in [-0.4, -0.2) is 23.9 Å². The van der Waals surface area contributed by atoms with Crippen molar-refractivity contribution in [3.63, 3.8) is 0 Å². The van der Waals surface area contributed by atoms with Gasteiger partial charge in [-0.15, -0.1) is 0 Å². The Morgan fingerprint density at radius 1 is 0.714 bits per heavy atom. The molecular formula is C22H24O6. The lowest BCUT2D eigenvalue weighted by atomic mass is 9.75. The summed E-state index contributed by atoms with van der Waals surface area (Å²) < 4.78 is 9.20. The van der Waals surface area contributed by atoms with E-state index in [-0.39, 0.29) is 0 Å². The summed E-state index contributed by atoms with van der Waals surface area (Å²) in [6.07, 6.45) is 13.5. The van der Waals surface area contributed by atoms with Crippen molar-refractivity contribution in [1.29, 1.82) is 0 Å². The summed E-state index contributed by atoms with van der Waals surface area (Å²) in [5.74, 6) is -1.36. The molecule has 0 unspecified atom stereocenters. The number of carbonyl (C=O) groups is 4. The topological polar surface area (TPSA) is 86.7 Å². The zero-order chi connectivity index (χ0) is 20.3. The fourth-order valence-electron chi connectivity index (χ4n) is 3.97. The summed E-state index contributed by atoms with van der Waals surface area (Å²) in [6.45, 7) is 3.19. The minimum absolute atomic E-state index is 0.337. The summed E-state index contributed by atoms with van der Waals surface area (Å²) in [6, 6.07) is 0. The predicted octanol–water partition coefficient (Wildman–Crippen LogP) is 3.49. The Kier molecular flexibility index (Phi) is 6.07. The van der Waals surface area contributed by atoms with Crippen molar-refractivity contribution in [3.05, 3.63) is 46.6 Å². The lowest BCUT2D eigenvalue weighted by Crippen LogP contribution is -2.18. The molecule has 3 aliphatic rings. The molecule has 0 saturated heterocycles. The van der Waals surface area contributed by atoms with E-state index in [1.807, 2.05) is 12.2 Å². The van der Waals surface area contributed by atoms with Crippen LogP contribution in [0.25, 0.3) is 0 Å². The van der Waals surface area contributed by atoms with E-state index in [1.165, 1.54) is 12.8 Å². The number of cyclic esters (lactones) is 4. The first kappa shape index (κ1) is 20.0. The SMILES string of the molecule is CC1=C(/C=C/C[C@H]2CCCC[C@@H]2C/C=C/C2=C(C)C(=O)OC2=O)C(=O)OC1=O. The van der Waals surface area contributed by atoms with Gasteiger partial charge in [-0.25, -0.2) is 19.2 Å². The molecule has 6 nitrogen and oxygen atoms in total. The van der Waals surface area contributed by atoms with Gasteiger partial charge < -0.3 is 9.47 Å². The van der Waals surface area contributed by atoms with Gasteiger partial charge in [-0.05, 0) is 51.4 Å². The highest BCUT2D eigenvalue weighted by Crippen LogP contribution is 2.35. The average molecular weight is 384 g/mol. The van der Waals surface area contributed by atoms with Gasteiger partial charge in [-0.3, -0.25) is 0 Å². The lowest BCUT2D eigenvalue weighted by molar-refractivity contribution is -0.152. The van der Waals surface area contributed by atoms with Crippen LogP contribution < -0.4 is 0 Å². The molecule has 0 aromatic rings. The zero-order valence-electron chi connectivity index (χ0n) is 16.2. The minimum atomic E-state index is -0.580. The van der Waals surface area contributed by atoms with Gasteiger partial charge >= 0.3 is 23.9 Å². The van der Waals surface area contributed by atoms with E-state index >= 15 is 0 Å². The Morgan fingerprint density at radius 3 is 1.43 bits per heavy atom. The van der Waals surface area contributed by atoms with Crippen molar-refractivity contribution >= 4 is 23.9 Å². The van der Waals surface area contributed by atoms with Crippen LogP contribution in [0.5, 0.6) is 0 Å². The van der Waals surface area contributed by atoms with E-state index in [2.05, 4.69) is 9.47 Å². The smallest absolute Gasteiger partial charge is 0.346 e. The third kappa shape index (κ3) is 4.21. The molecule has 1 aliphatic carbocycles. The first-order valence-corrected chi connectivity index (χ1v) is 9.66. The standard InChI is InChI=1S/C22H24O6/c1-13-17(21(25)27-19(13)23)11-5-9-15-7-3-4-8-16(15)10-6-12-18-14(2)20(24)28-22(18)26/h5-6,11-12,15-16H,3-4,7-10H2,1-2H3/b11-5+,12-6+/t15-,16-/m1/s1. The lowest BCUT2D eigenvalue weighted by Gasteiger charge is -2.30. The summed E-state index contributed by atoms with van der Waals surface area (Å²) >= 11 is 0. The van der Waals surface area contributed by atoms with E-state index in [4.69, 9.17) is 0 Å². The summed E-state index contributed by atoms with van der Waals surface area (Å²) in [5, 5.41) is 0. The van der Waals surface area contributed by atoms with Crippen LogP contribution in [0.3, 0.4) is 0 Å². The maximum absolute atomic E-state index is 11.7. The number of ether oxygens (including phenoxy) is 2. The van der Waals surface area contributed by atoms with Crippen molar-refractivity contribution < 1.29 is 28.7 Å². The molecule has 0 aromatic carbocycles. The molecular weight excluding hydrogens is 360 g/mol. The molecule has 0 aromatic heterocycles. The normalized spacial score (nSPS) is 26.2. The van der Waals surface area contributed by atoms with Crippen LogP contribution >= 0.6 is 0 Å². The monoisotopic (exact) mass is 384 g/mol. The van der Waals surface area contributed by atoms with Gasteiger partial charge in [0.1, 0.15) is 0 Å². The molecule has 0 radical (unpaired) electrons. The fraction of sp³-hybridized carbons (Fsp3) is 0.455. The number of hydrogen-bond acceptors (Lipinski definition) is 6. The number of allylic oxidation sites excluding steroid dienone is 2. The molecule has 2 atom stereocenters. The molecule has 0 N–H and O–H groups in total. The van der Waals surface area contributed by atoms with Crippen molar-refractivity contribution in [3.8, 4) is 0 Å². The minimum Gasteiger partial charge on any atom is -0.386 e. The van der Waals surface area contributed by atoms with Gasteiger partial charge in [-0.1, -0.05) is 37.1 Å². The number of esters is 4. The molecule has 28 heavy (non-hydrogen) atoms. The number of carbonyl (C=O) groups excluding carboxylic acids is 4. The van der Waals surface area contributed by atoms with E-state index in [1.54, 1.807) is 26.0 Å². The molecule has 0 amide bonds. The molecule has 2 heterocycles. The predicted molar refractivity (Wildman–Crippen MR) is 101 cm³/mol. The van der Waals surface area contributed by atoms with Crippen molar-refractivity contribution in [2.24, 2.45) is 11.8 Å². The number of hydrogen-bond donors (Lipinski definition) is 0. The van der Waals surface area contributed by atoms with Gasteiger partial charge in [0.05, 0.1) is 11.1 Å². The van der Waals surface area contributed by atoms with E-state index in [9.17, 15) is 19.2 Å². The zero-order valence-corrected chi connectivity index (χ0v) is 16.2. The van der Waals surface area contributed by atoms with Crippen molar-refractivity contribution in [2.75, 3.05) is 0 Å². The van der Waals surface area contributed by atoms with E-state index < -0.39 is 23.9 Å². The third-order valence-electron chi connectivity index (χ3n) is 5.74. The molecule has 1 saturated carbocycles. The maximum atomic E-state index is 11.7. The highest BCUT2D eigenvalue weighted by molar-refractivity contribution is 6.14. The van der Waals surface area contributed by atoms with Crippen LogP contribution in [0, 0.1) is 11.8 Å². The van der Waals surface area contributed by atoms with Crippen molar-refractivity contribution in [1.82, 2.24) is 0 Å². The Balaban J connectivity index is 1.60. The quantitative estimate of drug-likeness (QED) is 0.515. The molecule has 3 rings (SSSR count). The van der Waals surface area contributed by atoms with Gasteiger partial charge in [0, 0.05) is 11.1 Å². The van der Waals surface area contributed by atoms with Crippen LogP contribution in [0.2, 0.25) is 0 Å². The molecule has 1 fully saturated rings. The first-order chi connectivity index (χ1) is 13.4. The van der Waals surface area contributed by atoms with E-state index in [0.29, 0.717) is 34.1 Å². The van der Waals surface area contributed by atoms with Crippen LogP contribution in [-0.2, 0) is 28.7 Å². The maximum Gasteiger partial charge on any atom is 0.346 e. The molecule has 6 heteroatoms. The molecule has 0 spiro atoms. The highest BCUT2D eigenvalue weighted by Gasteiger charge is 2.29. The van der Waals surface area contributed by atoms with Crippen LogP contribution in [0.4, 0.5) is 0 Å². The summed E-state index contributed by atoms with van der Waals surface area (Å²) in [5.41, 5.74) is 1.38. The average Bonchev–Trinajstić information content (AvgIpc) is 3.05. The van der Waals surface area contributed by atoms with Gasteiger partial charge in [-0.2, -0.15) is 0 Å². The Labute approximate surface area is 164 Å². The number of rotatable bonds is 6. The largest absolute Gasteiger partial charge is 0.386 e. The molecule has 2 aliphatic heterocycles. The second-order valence-corrected chi connectivity index (χ2v) is 7.51. The Morgan fingerprint density at radius 2 is 1.11 bits per heavy atom. The second-order valence-electron chi connectivity index (χ2n) is 7.51. The van der Waals surface area contributed by atoms with Crippen LogP contribution in [0.1, 0.15) is 52.4 Å². The molecule has 0 bridgehead atoms. The van der Waals surface area contributed by atoms with Gasteiger partial charge in [0.15, 0.2) is 0 Å². The van der Waals surface area contributed by atoms with Gasteiger partial charge in [0.25, 0.3) is 0 Å². The summed E-state index contributed by atoms with van der Waals surface area (Å²) in [4.78, 5) is 46.1. The first-order valence-electron chi connectivity index (χ1n) is 9.66. The Hall–Kier alpha value is -2.76. The second kappa shape index (κ2) is 8.50. The van der Waals surface area contributed by atoms with Gasteiger partial charge in [0.2, 0.25) is 0 Å². The Bertz CT molecular complexity index is 769. The van der Waals surface area contributed by atoms with E-state index in [0.717, 1.165) is 25.7 Å². The highest BCUT2D eigenvalue weighted by atomic mass is 16.6. The summed E-state index contributed by atoms with van der Waals surface area (Å²) in [7, 11) is 0. The third-order valence-corrected chi connectivity index (χ3v) is 5.74. The fourth-order valence-corrected chi connectivity index (χ4v) is 3.97.